The SMILES string of the molecule is CSc1cc2c(cc1OCC(C)(C)C(=O)O)SC(F)C(CCC(C)(F)F)CN2C1CCC(F)(F)CC1. The van der Waals surface area contributed by atoms with Gasteiger partial charge in [0.15, 0.2) is 5.50 Å². The lowest BCUT2D eigenvalue weighted by atomic mass is 9.89. The van der Waals surface area contributed by atoms with Crippen LogP contribution >= 0.6 is 23.5 Å². The first-order valence-electron chi connectivity index (χ1n) is 12.0. The summed E-state index contributed by atoms with van der Waals surface area (Å²) >= 11 is 2.30. The van der Waals surface area contributed by atoms with Gasteiger partial charge in [0.25, 0.3) is 0 Å². The fourth-order valence-electron chi connectivity index (χ4n) is 4.44. The predicted molar refractivity (Wildman–Crippen MR) is 134 cm³/mol. The molecule has 1 aliphatic heterocycles. The number of rotatable bonds is 9. The van der Waals surface area contributed by atoms with Crippen molar-refractivity contribution in [2.45, 2.75) is 92.5 Å². The van der Waals surface area contributed by atoms with Crippen LogP contribution in [0.5, 0.6) is 5.75 Å². The van der Waals surface area contributed by atoms with Crippen LogP contribution in [-0.2, 0) is 4.79 Å². The zero-order valence-electron chi connectivity index (χ0n) is 21.0. The van der Waals surface area contributed by atoms with Crippen molar-refractivity contribution >= 4 is 35.2 Å². The lowest BCUT2D eigenvalue weighted by molar-refractivity contribution is -0.148. The van der Waals surface area contributed by atoms with E-state index in [-0.39, 0.29) is 51.3 Å². The van der Waals surface area contributed by atoms with E-state index in [9.17, 15) is 27.5 Å². The third-order valence-electron chi connectivity index (χ3n) is 6.85. The van der Waals surface area contributed by atoms with Crippen molar-refractivity contribution in [1.82, 2.24) is 0 Å². The topological polar surface area (TPSA) is 49.8 Å². The molecule has 36 heavy (non-hydrogen) atoms. The van der Waals surface area contributed by atoms with Gasteiger partial charge in [-0.25, -0.2) is 22.0 Å². The van der Waals surface area contributed by atoms with Gasteiger partial charge in [0, 0.05) is 42.7 Å². The molecule has 2 unspecified atom stereocenters. The van der Waals surface area contributed by atoms with Crippen LogP contribution in [0.1, 0.15) is 59.3 Å². The monoisotopic (exact) mass is 555 g/mol. The molecule has 1 aromatic rings. The Bertz CT molecular complexity index is 931. The molecule has 1 aliphatic carbocycles. The first kappa shape index (κ1) is 29.2. The maximum Gasteiger partial charge on any atom is 0.312 e. The molecule has 2 atom stereocenters. The van der Waals surface area contributed by atoms with Crippen LogP contribution in [0.15, 0.2) is 21.9 Å². The number of thioether (sulfide) groups is 2. The Morgan fingerprint density at radius 1 is 1.25 bits per heavy atom. The molecular weight excluding hydrogens is 521 g/mol. The van der Waals surface area contributed by atoms with Crippen LogP contribution in [0.25, 0.3) is 0 Å². The first-order chi connectivity index (χ1) is 16.6. The highest BCUT2D eigenvalue weighted by Gasteiger charge is 2.41. The molecule has 0 bridgehead atoms. The summed E-state index contributed by atoms with van der Waals surface area (Å²) < 4.78 is 76.3. The van der Waals surface area contributed by atoms with Crippen LogP contribution < -0.4 is 9.64 Å². The number of benzene rings is 1. The molecule has 0 amide bonds. The third-order valence-corrected chi connectivity index (χ3v) is 8.79. The zero-order valence-corrected chi connectivity index (χ0v) is 22.6. The Hall–Kier alpha value is -1.36. The number of fused-ring (bicyclic) bond motifs is 1. The second kappa shape index (κ2) is 11.2. The Labute approximate surface area is 217 Å². The molecule has 0 spiro atoms. The molecule has 0 radical (unpaired) electrons. The van der Waals surface area contributed by atoms with Crippen LogP contribution in [-0.4, -0.2) is 53.9 Å². The molecule has 204 valence electrons. The number of carbonyl (C=O) groups is 1. The predicted octanol–water partition coefficient (Wildman–Crippen LogP) is 7.74. The summed E-state index contributed by atoms with van der Waals surface area (Å²) in [6, 6.07) is 3.23. The molecule has 11 heteroatoms. The highest BCUT2D eigenvalue weighted by atomic mass is 32.2. The van der Waals surface area contributed by atoms with E-state index in [4.69, 9.17) is 4.74 Å². The maximum absolute atomic E-state index is 15.5. The second-order valence-corrected chi connectivity index (χ2v) is 12.5. The number of halogens is 5. The second-order valence-electron chi connectivity index (χ2n) is 10.5. The fourth-order valence-corrected chi connectivity index (χ4v) is 6.11. The standard InChI is InChI=1S/C25H34F5NO3S2/c1-23(2,22(32)33)14-34-18-12-19-17(11-20(18)35-4)31(16-6-9-25(29,30)10-7-16)13-15(21(26)36-19)5-8-24(3,27)28/h11-12,15-16,21H,5-10,13-14H2,1-4H3,(H,32,33). The average Bonchev–Trinajstić information content (AvgIpc) is 2.90. The number of alkyl halides is 5. The number of hydrogen-bond donors (Lipinski definition) is 1. The molecule has 1 fully saturated rings. The third kappa shape index (κ3) is 7.36. The highest BCUT2D eigenvalue weighted by molar-refractivity contribution is 8.00. The van der Waals surface area contributed by atoms with Gasteiger partial charge >= 0.3 is 5.97 Å². The molecule has 1 N–H and O–H groups in total. The van der Waals surface area contributed by atoms with E-state index in [1.54, 1.807) is 19.9 Å². The van der Waals surface area contributed by atoms with Crippen molar-refractivity contribution in [1.29, 1.82) is 0 Å². The van der Waals surface area contributed by atoms with E-state index in [1.807, 2.05) is 17.2 Å². The molecule has 2 aliphatic rings. The van der Waals surface area contributed by atoms with Gasteiger partial charge < -0.3 is 14.7 Å². The Balaban J connectivity index is 1.96. The zero-order chi connectivity index (χ0) is 26.9. The van der Waals surface area contributed by atoms with Gasteiger partial charge in [-0.05, 0) is 58.4 Å². The largest absolute Gasteiger partial charge is 0.491 e. The highest BCUT2D eigenvalue weighted by Crippen LogP contribution is 2.49. The summed E-state index contributed by atoms with van der Waals surface area (Å²) in [7, 11) is 0. The summed E-state index contributed by atoms with van der Waals surface area (Å²) in [6.45, 7) is 3.95. The normalized spacial score (nSPS) is 23.2. The van der Waals surface area contributed by atoms with E-state index in [2.05, 4.69) is 0 Å². The summed E-state index contributed by atoms with van der Waals surface area (Å²) in [5.41, 5.74) is -1.93. The van der Waals surface area contributed by atoms with Crippen molar-refractivity contribution in [2.24, 2.45) is 11.3 Å². The Morgan fingerprint density at radius 2 is 1.89 bits per heavy atom. The van der Waals surface area contributed by atoms with Crippen molar-refractivity contribution in [3.63, 3.8) is 0 Å². The van der Waals surface area contributed by atoms with Gasteiger partial charge in [-0.2, -0.15) is 0 Å². The first-order valence-corrected chi connectivity index (χ1v) is 14.1. The molecule has 0 aromatic heterocycles. The minimum Gasteiger partial charge on any atom is -0.491 e. The number of ether oxygens (including phenoxy) is 1. The lowest BCUT2D eigenvalue weighted by Crippen LogP contribution is -2.44. The van der Waals surface area contributed by atoms with Crippen molar-refractivity contribution in [3.8, 4) is 5.75 Å². The summed E-state index contributed by atoms with van der Waals surface area (Å²) in [4.78, 5) is 14.7. The molecule has 1 saturated carbocycles. The molecule has 4 nitrogen and oxygen atoms in total. The molecule has 3 rings (SSSR count). The van der Waals surface area contributed by atoms with Gasteiger partial charge in [-0.3, -0.25) is 4.79 Å². The summed E-state index contributed by atoms with van der Waals surface area (Å²) in [5.74, 6) is -6.97. The molecule has 1 heterocycles. The minimum atomic E-state index is -2.93. The number of aliphatic carboxylic acids is 1. The number of carboxylic acid groups (broad SMARTS) is 1. The summed E-state index contributed by atoms with van der Waals surface area (Å²) in [6.07, 6.45) is 1.25. The molecular formula is C25H34F5NO3S2. The average molecular weight is 556 g/mol. The van der Waals surface area contributed by atoms with Gasteiger partial charge in [0.05, 0.1) is 16.0 Å². The van der Waals surface area contributed by atoms with Gasteiger partial charge in [0.2, 0.25) is 11.8 Å². The van der Waals surface area contributed by atoms with Crippen molar-refractivity contribution in [3.05, 3.63) is 12.1 Å². The van der Waals surface area contributed by atoms with Crippen LogP contribution in [0, 0.1) is 11.3 Å². The van der Waals surface area contributed by atoms with E-state index in [0.717, 1.165) is 18.7 Å². The van der Waals surface area contributed by atoms with E-state index in [0.29, 0.717) is 21.2 Å². The Morgan fingerprint density at radius 3 is 2.44 bits per heavy atom. The van der Waals surface area contributed by atoms with Gasteiger partial charge in [-0.1, -0.05) is 11.8 Å². The van der Waals surface area contributed by atoms with E-state index in [1.165, 1.54) is 11.8 Å². The fraction of sp³-hybridized carbons (Fsp3) is 0.720. The van der Waals surface area contributed by atoms with Crippen LogP contribution in [0.4, 0.5) is 27.6 Å². The lowest BCUT2D eigenvalue weighted by Gasteiger charge is -2.40. The van der Waals surface area contributed by atoms with E-state index < -0.39 is 41.1 Å². The quantitative estimate of drug-likeness (QED) is 0.249. The minimum absolute atomic E-state index is 0.0312. The van der Waals surface area contributed by atoms with Crippen molar-refractivity contribution < 1.29 is 36.6 Å². The van der Waals surface area contributed by atoms with Crippen LogP contribution in [0.2, 0.25) is 0 Å². The number of hydrogen-bond acceptors (Lipinski definition) is 5. The van der Waals surface area contributed by atoms with E-state index >= 15 is 4.39 Å². The molecule has 1 aromatic carbocycles. The smallest absolute Gasteiger partial charge is 0.312 e. The van der Waals surface area contributed by atoms with Crippen LogP contribution in [0.3, 0.4) is 0 Å². The van der Waals surface area contributed by atoms with Crippen molar-refractivity contribution in [2.75, 3.05) is 24.3 Å². The number of anilines is 1. The van der Waals surface area contributed by atoms with Gasteiger partial charge in [0.1, 0.15) is 12.4 Å². The number of carboxylic acids is 1. The Kier molecular flexibility index (Phi) is 9.06. The summed E-state index contributed by atoms with van der Waals surface area (Å²) in [5, 5.41) is 9.41. The van der Waals surface area contributed by atoms with Gasteiger partial charge in [-0.15, -0.1) is 11.8 Å². The number of nitrogens with zero attached hydrogens (tertiary/aromatic N) is 1. The maximum atomic E-state index is 15.5. The molecule has 0 saturated heterocycles.